The predicted octanol–water partition coefficient (Wildman–Crippen LogP) is 1.15. The Bertz CT molecular complexity index is 242. The van der Waals surface area contributed by atoms with Crippen LogP contribution in [0.25, 0.3) is 0 Å². The first kappa shape index (κ1) is 10.7. The van der Waals surface area contributed by atoms with Gasteiger partial charge in [0.1, 0.15) is 5.84 Å². The van der Waals surface area contributed by atoms with Gasteiger partial charge in [-0.15, -0.1) is 0 Å². The van der Waals surface area contributed by atoms with E-state index >= 15 is 0 Å². The summed E-state index contributed by atoms with van der Waals surface area (Å²) in [5.41, 5.74) is 5.39. The number of hydrogen-bond acceptors (Lipinski definition) is 3. The zero-order chi connectivity index (χ0) is 10.7. The van der Waals surface area contributed by atoms with Crippen molar-refractivity contribution in [1.82, 2.24) is 5.32 Å². The number of nitrogens with zero attached hydrogens (tertiary/aromatic N) is 1. The third-order valence-corrected chi connectivity index (χ3v) is 3.98. The van der Waals surface area contributed by atoms with Gasteiger partial charge in [-0.1, -0.05) is 11.6 Å². The Morgan fingerprint density at radius 1 is 1.40 bits per heavy atom. The van der Waals surface area contributed by atoms with E-state index in [0.717, 1.165) is 30.8 Å². The van der Waals surface area contributed by atoms with E-state index < -0.39 is 0 Å². The third kappa shape index (κ3) is 2.62. The fourth-order valence-electron chi connectivity index (χ4n) is 3.18. The van der Waals surface area contributed by atoms with Crippen LogP contribution in [0.2, 0.25) is 0 Å². The van der Waals surface area contributed by atoms with Crippen molar-refractivity contribution < 1.29 is 5.21 Å². The molecule has 0 aromatic carbocycles. The maximum absolute atomic E-state index is 8.37. The molecule has 3 unspecified atom stereocenters. The Morgan fingerprint density at radius 2 is 2.27 bits per heavy atom. The lowest BCUT2D eigenvalue weighted by molar-refractivity contribution is 0.313. The fourth-order valence-corrected chi connectivity index (χ4v) is 3.18. The summed E-state index contributed by atoms with van der Waals surface area (Å²) < 4.78 is 0. The number of nitrogens with one attached hydrogen (secondary N) is 1. The molecule has 4 nitrogen and oxygen atoms in total. The molecule has 0 radical (unpaired) electrons. The molecule has 0 aliphatic heterocycles. The van der Waals surface area contributed by atoms with Crippen molar-refractivity contribution in [2.75, 3.05) is 13.1 Å². The number of rotatable bonds is 5. The molecule has 0 aromatic rings. The number of fused-ring (bicyclic) bond motifs is 2. The molecule has 0 heterocycles. The summed E-state index contributed by atoms with van der Waals surface area (Å²) in [7, 11) is 0. The quantitative estimate of drug-likeness (QED) is 0.210. The molecule has 0 spiro atoms. The number of nitrogens with two attached hydrogens (primary N) is 1. The normalized spacial score (nSPS) is 34.9. The molecule has 2 aliphatic rings. The van der Waals surface area contributed by atoms with Gasteiger partial charge in [0.2, 0.25) is 0 Å². The van der Waals surface area contributed by atoms with Crippen LogP contribution in [0.5, 0.6) is 0 Å². The monoisotopic (exact) mass is 211 g/mol. The summed E-state index contributed by atoms with van der Waals surface area (Å²) in [5.74, 6) is 3.20. The van der Waals surface area contributed by atoms with Crippen LogP contribution in [0, 0.1) is 17.8 Å². The summed E-state index contributed by atoms with van der Waals surface area (Å²) >= 11 is 0. The summed E-state index contributed by atoms with van der Waals surface area (Å²) in [4.78, 5) is 0. The molecule has 2 saturated carbocycles. The highest BCUT2D eigenvalue weighted by atomic mass is 16.4. The maximum Gasteiger partial charge on any atom is 0.140 e. The lowest BCUT2D eigenvalue weighted by atomic mass is 9.89. The van der Waals surface area contributed by atoms with Crippen LogP contribution in [0.1, 0.15) is 32.1 Å². The van der Waals surface area contributed by atoms with Gasteiger partial charge < -0.3 is 16.3 Å². The van der Waals surface area contributed by atoms with Gasteiger partial charge in [0.15, 0.2) is 0 Å². The molecule has 2 aliphatic carbocycles. The van der Waals surface area contributed by atoms with Crippen LogP contribution in [0.4, 0.5) is 0 Å². The summed E-state index contributed by atoms with van der Waals surface area (Å²) in [5, 5.41) is 14.7. The predicted molar refractivity (Wildman–Crippen MR) is 59.8 cm³/mol. The molecule has 15 heavy (non-hydrogen) atoms. The van der Waals surface area contributed by atoms with Gasteiger partial charge in [0, 0.05) is 13.0 Å². The summed E-state index contributed by atoms with van der Waals surface area (Å²) in [6.45, 7) is 1.93. The van der Waals surface area contributed by atoms with Gasteiger partial charge >= 0.3 is 0 Å². The number of amidine groups is 1. The minimum Gasteiger partial charge on any atom is -0.409 e. The Hall–Kier alpha value is -0.770. The highest BCUT2D eigenvalue weighted by molar-refractivity contribution is 5.79. The van der Waals surface area contributed by atoms with E-state index in [4.69, 9.17) is 10.9 Å². The molecular formula is C11H21N3O. The number of oxime groups is 1. The second kappa shape index (κ2) is 4.84. The van der Waals surface area contributed by atoms with Crippen LogP contribution in [0.3, 0.4) is 0 Å². The van der Waals surface area contributed by atoms with Gasteiger partial charge in [-0.3, -0.25) is 0 Å². The van der Waals surface area contributed by atoms with E-state index in [9.17, 15) is 0 Å². The average Bonchev–Trinajstić information content (AvgIpc) is 2.85. The van der Waals surface area contributed by atoms with Crippen molar-refractivity contribution in [3.8, 4) is 0 Å². The van der Waals surface area contributed by atoms with E-state index in [1.807, 2.05) is 0 Å². The van der Waals surface area contributed by atoms with Crippen molar-refractivity contribution in [2.45, 2.75) is 32.1 Å². The first-order chi connectivity index (χ1) is 7.29. The van der Waals surface area contributed by atoms with E-state index in [1.54, 1.807) is 0 Å². The van der Waals surface area contributed by atoms with E-state index in [-0.39, 0.29) is 0 Å². The molecule has 2 fully saturated rings. The molecular weight excluding hydrogens is 190 g/mol. The van der Waals surface area contributed by atoms with Crippen LogP contribution >= 0.6 is 0 Å². The molecule has 0 saturated heterocycles. The van der Waals surface area contributed by atoms with Crippen LogP contribution < -0.4 is 11.1 Å². The summed E-state index contributed by atoms with van der Waals surface area (Å²) in [6, 6.07) is 0. The van der Waals surface area contributed by atoms with Gasteiger partial charge in [-0.2, -0.15) is 0 Å². The van der Waals surface area contributed by atoms with Crippen molar-refractivity contribution >= 4 is 5.84 Å². The minimum atomic E-state index is 0.315. The highest BCUT2D eigenvalue weighted by Crippen LogP contribution is 2.47. The van der Waals surface area contributed by atoms with Crippen molar-refractivity contribution in [2.24, 2.45) is 28.6 Å². The van der Waals surface area contributed by atoms with E-state index in [2.05, 4.69) is 10.5 Å². The minimum absolute atomic E-state index is 0.315. The largest absolute Gasteiger partial charge is 0.409 e. The lowest BCUT2D eigenvalue weighted by Crippen LogP contribution is -2.29. The maximum atomic E-state index is 8.37. The van der Waals surface area contributed by atoms with Crippen molar-refractivity contribution in [3.05, 3.63) is 0 Å². The van der Waals surface area contributed by atoms with E-state index in [0.29, 0.717) is 12.3 Å². The van der Waals surface area contributed by atoms with Crippen LogP contribution in [-0.2, 0) is 0 Å². The smallest absolute Gasteiger partial charge is 0.140 e. The Labute approximate surface area is 90.9 Å². The highest BCUT2D eigenvalue weighted by Gasteiger charge is 2.38. The zero-order valence-electron chi connectivity index (χ0n) is 9.15. The van der Waals surface area contributed by atoms with Gasteiger partial charge in [0.05, 0.1) is 0 Å². The van der Waals surface area contributed by atoms with Crippen molar-refractivity contribution in [3.63, 3.8) is 0 Å². The van der Waals surface area contributed by atoms with Crippen molar-refractivity contribution in [1.29, 1.82) is 0 Å². The Morgan fingerprint density at radius 3 is 2.87 bits per heavy atom. The SMILES string of the molecule is NC(CCNCC1CC2CCC1C2)=NO. The fraction of sp³-hybridized carbons (Fsp3) is 0.909. The average molecular weight is 211 g/mol. The number of hydrogen-bond donors (Lipinski definition) is 3. The standard InChI is InChI=1S/C11H21N3O/c12-11(14-15)3-4-13-7-10-6-8-1-2-9(10)5-8/h8-10,13,15H,1-7H2,(H2,12,14). The third-order valence-electron chi connectivity index (χ3n) is 3.98. The molecule has 4 N–H and O–H groups in total. The molecule has 0 amide bonds. The first-order valence-corrected chi connectivity index (χ1v) is 5.96. The van der Waals surface area contributed by atoms with Gasteiger partial charge in [-0.25, -0.2) is 0 Å². The Balaban J connectivity index is 1.59. The molecule has 0 aromatic heterocycles. The molecule has 86 valence electrons. The van der Waals surface area contributed by atoms with Crippen LogP contribution in [-0.4, -0.2) is 24.1 Å². The molecule has 2 bridgehead atoms. The second-order valence-electron chi connectivity index (χ2n) is 4.98. The van der Waals surface area contributed by atoms with Crippen LogP contribution in [0.15, 0.2) is 5.16 Å². The molecule has 2 rings (SSSR count). The van der Waals surface area contributed by atoms with E-state index in [1.165, 1.54) is 25.7 Å². The van der Waals surface area contributed by atoms with Gasteiger partial charge in [-0.05, 0) is 43.6 Å². The second-order valence-corrected chi connectivity index (χ2v) is 4.98. The zero-order valence-corrected chi connectivity index (χ0v) is 9.15. The molecule has 3 atom stereocenters. The van der Waals surface area contributed by atoms with Gasteiger partial charge in [0.25, 0.3) is 0 Å². The topological polar surface area (TPSA) is 70.6 Å². The Kier molecular flexibility index (Phi) is 3.46. The summed E-state index contributed by atoms with van der Waals surface area (Å²) in [6.07, 6.45) is 6.42. The molecule has 4 heteroatoms. The lowest BCUT2D eigenvalue weighted by Gasteiger charge is -2.21. The first-order valence-electron chi connectivity index (χ1n) is 5.96.